The zero-order chi connectivity index (χ0) is 21.6. The number of nitrogens with one attached hydrogen (secondary N) is 2. The number of likely N-dealkylation sites (tertiary alicyclic amines) is 1. The summed E-state index contributed by atoms with van der Waals surface area (Å²) in [6.07, 6.45) is 7.70. The fourth-order valence-corrected chi connectivity index (χ4v) is 5.25. The highest BCUT2D eigenvalue weighted by Gasteiger charge is 2.31. The monoisotopic (exact) mass is 561 g/mol. The summed E-state index contributed by atoms with van der Waals surface area (Å²) < 4.78 is 0. The van der Waals surface area contributed by atoms with Crippen LogP contribution < -0.4 is 10.6 Å². The average Bonchev–Trinajstić information content (AvgIpc) is 3.38. The molecule has 0 radical (unpaired) electrons. The molecule has 1 aliphatic carbocycles. The van der Waals surface area contributed by atoms with Crippen LogP contribution in [-0.2, 0) is 16.6 Å². The number of rotatable bonds is 6. The number of aromatic nitrogens is 1. The minimum Gasteiger partial charge on any atom is -0.357 e. The largest absolute Gasteiger partial charge is 0.357 e. The molecule has 1 saturated carbocycles. The van der Waals surface area contributed by atoms with Crippen LogP contribution in [0.15, 0.2) is 10.4 Å². The molecular weight excluding hydrogens is 521 g/mol. The summed E-state index contributed by atoms with van der Waals surface area (Å²) in [4.78, 5) is 24.4. The van der Waals surface area contributed by atoms with Gasteiger partial charge in [-0.15, -0.1) is 35.3 Å². The highest BCUT2D eigenvalue weighted by atomic mass is 127. The van der Waals surface area contributed by atoms with Gasteiger partial charge in [0.2, 0.25) is 5.91 Å². The number of amides is 1. The van der Waals surface area contributed by atoms with E-state index in [0.29, 0.717) is 12.5 Å². The normalized spacial score (nSPS) is 20.5. The van der Waals surface area contributed by atoms with Crippen molar-refractivity contribution in [2.45, 2.75) is 84.1 Å². The zero-order valence-corrected chi connectivity index (χ0v) is 22.7. The van der Waals surface area contributed by atoms with Gasteiger partial charge in [0.25, 0.3) is 0 Å². The molecule has 0 spiro atoms. The van der Waals surface area contributed by atoms with E-state index in [0.717, 1.165) is 62.0 Å². The molecule has 3 rings (SSSR count). The van der Waals surface area contributed by atoms with Crippen molar-refractivity contribution in [3.8, 4) is 0 Å². The van der Waals surface area contributed by atoms with E-state index in [2.05, 4.69) is 48.6 Å². The quantitative estimate of drug-likeness (QED) is 0.308. The highest BCUT2D eigenvalue weighted by Crippen LogP contribution is 2.27. The van der Waals surface area contributed by atoms with E-state index in [9.17, 15) is 4.79 Å². The fourth-order valence-electron chi connectivity index (χ4n) is 4.23. The molecule has 1 aliphatic heterocycles. The van der Waals surface area contributed by atoms with Gasteiger partial charge in [0.05, 0.1) is 10.7 Å². The van der Waals surface area contributed by atoms with E-state index in [-0.39, 0.29) is 41.4 Å². The van der Waals surface area contributed by atoms with E-state index >= 15 is 0 Å². The summed E-state index contributed by atoms with van der Waals surface area (Å²) in [6, 6.07) is 0.280. The Morgan fingerprint density at radius 3 is 2.65 bits per heavy atom. The number of guanidine groups is 1. The maximum atomic E-state index is 12.8. The summed E-state index contributed by atoms with van der Waals surface area (Å²) in [5, 5.41) is 10.2. The number of aliphatic imine (C=N–C) groups is 1. The smallest absolute Gasteiger partial charge is 0.225 e. The van der Waals surface area contributed by atoms with Crippen molar-refractivity contribution in [3.05, 3.63) is 16.1 Å². The van der Waals surface area contributed by atoms with Crippen molar-refractivity contribution in [3.63, 3.8) is 0 Å². The van der Waals surface area contributed by atoms with Crippen LogP contribution in [0.1, 0.15) is 76.9 Å². The maximum absolute atomic E-state index is 12.8. The fraction of sp³-hybridized carbons (Fsp3) is 0.783. The van der Waals surface area contributed by atoms with Gasteiger partial charge in [-0.3, -0.25) is 9.79 Å². The van der Waals surface area contributed by atoms with Crippen LogP contribution in [0.3, 0.4) is 0 Å². The van der Waals surface area contributed by atoms with Crippen molar-refractivity contribution in [2.24, 2.45) is 10.9 Å². The minimum absolute atomic E-state index is 0. The van der Waals surface area contributed by atoms with Crippen molar-refractivity contribution in [1.82, 2.24) is 20.5 Å². The van der Waals surface area contributed by atoms with Gasteiger partial charge in [-0.05, 0) is 26.2 Å². The molecule has 176 valence electrons. The number of hydrogen-bond acceptors (Lipinski definition) is 4. The second-order valence-corrected chi connectivity index (χ2v) is 10.6. The number of halogens is 1. The van der Waals surface area contributed by atoms with Gasteiger partial charge < -0.3 is 15.5 Å². The van der Waals surface area contributed by atoms with Gasteiger partial charge >= 0.3 is 0 Å². The van der Waals surface area contributed by atoms with Crippen LogP contribution in [0.4, 0.5) is 0 Å². The molecule has 8 heteroatoms. The number of carbonyl (C=O) groups is 1. The third kappa shape index (κ3) is 7.87. The molecule has 1 atom stereocenters. The highest BCUT2D eigenvalue weighted by molar-refractivity contribution is 14.0. The molecule has 2 fully saturated rings. The van der Waals surface area contributed by atoms with Crippen LogP contribution in [0.25, 0.3) is 0 Å². The van der Waals surface area contributed by atoms with Gasteiger partial charge in [-0.2, -0.15) is 0 Å². The standard InChI is InChI=1S/C23H39N5OS.HI/c1-5-24-22(25-13-11-20-27-19(16-30-20)23(2,3)4)26-18-12-14-28(15-18)21(29)17-9-7-6-8-10-17;/h16-18H,5-15H2,1-4H3,(H2,24,25,26);1H. The molecule has 2 N–H and O–H groups in total. The lowest BCUT2D eigenvalue weighted by Gasteiger charge is -2.26. The van der Waals surface area contributed by atoms with Crippen molar-refractivity contribution in [1.29, 1.82) is 0 Å². The van der Waals surface area contributed by atoms with E-state index in [4.69, 9.17) is 9.98 Å². The number of hydrogen-bond donors (Lipinski definition) is 2. The maximum Gasteiger partial charge on any atom is 0.225 e. The molecule has 1 amide bonds. The first kappa shape index (κ1) is 26.4. The topological polar surface area (TPSA) is 69.6 Å². The third-order valence-corrected chi connectivity index (χ3v) is 6.96. The third-order valence-electron chi connectivity index (χ3n) is 6.06. The Morgan fingerprint density at radius 1 is 1.26 bits per heavy atom. The van der Waals surface area contributed by atoms with E-state index in [1.54, 1.807) is 11.3 Å². The summed E-state index contributed by atoms with van der Waals surface area (Å²) in [5.41, 5.74) is 1.25. The summed E-state index contributed by atoms with van der Waals surface area (Å²) in [6.45, 7) is 11.9. The lowest BCUT2D eigenvalue weighted by molar-refractivity contribution is -0.135. The van der Waals surface area contributed by atoms with Gasteiger partial charge in [-0.25, -0.2) is 4.98 Å². The Balaban J connectivity index is 0.00000341. The SMILES string of the molecule is CCNC(=NCCc1nc(C(C)(C)C)cs1)NC1CCN(C(=O)C2CCCCC2)C1.I. The lowest BCUT2D eigenvalue weighted by atomic mass is 9.88. The summed E-state index contributed by atoms with van der Waals surface area (Å²) in [7, 11) is 0. The molecule has 1 unspecified atom stereocenters. The van der Waals surface area contributed by atoms with Crippen LogP contribution in [0.5, 0.6) is 0 Å². The molecule has 2 aliphatic rings. The first-order valence-electron chi connectivity index (χ1n) is 11.7. The first-order chi connectivity index (χ1) is 14.4. The predicted octanol–water partition coefficient (Wildman–Crippen LogP) is 4.34. The second-order valence-electron chi connectivity index (χ2n) is 9.64. The first-order valence-corrected chi connectivity index (χ1v) is 12.5. The van der Waals surface area contributed by atoms with E-state index in [1.165, 1.54) is 19.3 Å². The Bertz CT molecular complexity index is 724. The molecule has 6 nitrogen and oxygen atoms in total. The molecular formula is C23H40IN5OS. The summed E-state index contributed by atoms with van der Waals surface area (Å²) >= 11 is 1.73. The van der Waals surface area contributed by atoms with Crippen molar-refractivity contribution < 1.29 is 4.79 Å². The molecule has 31 heavy (non-hydrogen) atoms. The van der Waals surface area contributed by atoms with Crippen LogP contribution >= 0.6 is 35.3 Å². The van der Waals surface area contributed by atoms with Gasteiger partial charge in [0, 0.05) is 55.4 Å². The summed E-state index contributed by atoms with van der Waals surface area (Å²) in [5.74, 6) is 1.48. The Labute approximate surface area is 209 Å². The van der Waals surface area contributed by atoms with Crippen molar-refractivity contribution in [2.75, 3.05) is 26.2 Å². The van der Waals surface area contributed by atoms with Gasteiger partial charge in [-0.1, -0.05) is 40.0 Å². The minimum atomic E-state index is 0. The molecule has 1 aromatic rings. The number of carbonyl (C=O) groups excluding carboxylic acids is 1. The molecule has 1 aromatic heterocycles. The van der Waals surface area contributed by atoms with Gasteiger partial charge in [0.15, 0.2) is 5.96 Å². The Hall–Kier alpha value is -0.900. The number of nitrogens with zero attached hydrogens (tertiary/aromatic N) is 3. The average molecular weight is 562 g/mol. The zero-order valence-electron chi connectivity index (χ0n) is 19.6. The van der Waals surface area contributed by atoms with Gasteiger partial charge in [0.1, 0.15) is 0 Å². The van der Waals surface area contributed by atoms with Crippen molar-refractivity contribution >= 4 is 47.2 Å². The molecule has 0 bridgehead atoms. The van der Waals surface area contributed by atoms with Crippen LogP contribution in [0, 0.1) is 5.92 Å². The van der Waals surface area contributed by atoms with Crippen LogP contribution in [-0.4, -0.2) is 54.0 Å². The predicted molar refractivity (Wildman–Crippen MR) is 141 cm³/mol. The molecule has 2 heterocycles. The van der Waals surface area contributed by atoms with E-state index in [1.807, 2.05) is 0 Å². The Morgan fingerprint density at radius 2 is 2.00 bits per heavy atom. The Kier molecular flexibility index (Phi) is 10.5. The number of thiazole rings is 1. The molecule has 0 aromatic carbocycles. The van der Waals surface area contributed by atoms with Crippen LogP contribution in [0.2, 0.25) is 0 Å². The molecule has 1 saturated heterocycles. The lowest BCUT2D eigenvalue weighted by Crippen LogP contribution is -2.45. The second kappa shape index (κ2) is 12.4. The van der Waals surface area contributed by atoms with E-state index < -0.39 is 0 Å².